The number of ether oxygens (including phenoxy) is 1. The molecule has 4 aromatic rings. The molecule has 0 fully saturated rings. The molecule has 0 atom stereocenters. The molecule has 8 heteroatoms. The molecule has 0 radical (unpaired) electrons. The van der Waals surface area contributed by atoms with Crippen molar-refractivity contribution < 1.29 is 13.6 Å². The van der Waals surface area contributed by atoms with E-state index in [2.05, 4.69) is 20.8 Å². The van der Waals surface area contributed by atoms with Gasteiger partial charge in [0.25, 0.3) is 5.90 Å². The summed E-state index contributed by atoms with van der Waals surface area (Å²) in [5.74, 6) is 0.531. The SMILES string of the molecule is CC(C)(C)CC(C)(C)N=C1O/C(=C\c2coc3ccc(Cl)cc3c2=O)c2c1oc1ccc(Cl)cc1c2=O. The number of aliphatic imine (C=N–C) groups is 1. The van der Waals surface area contributed by atoms with Crippen molar-refractivity contribution in [3.8, 4) is 0 Å². The minimum atomic E-state index is -0.521. The van der Waals surface area contributed by atoms with Crippen molar-refractivity contribution in [2.24, 2.45) is 10.4 Å². The van der Waals surface area contributed by atoms with Crippen LogP contribution in [0.5, 0.6) is 0 Å². The lowest BCUT2D eigenvalue weighted by molar-refractivity contribution is 0.285. The maximum atomic E-state index is 13.6. The number of rotatable bonds is 3. The fourth-order valence-electron chi connectivity index (χ4n) is 4.89. The van der Waals surface area contributed by atoms with Crippen LogP contribution in [-0.2, 0) is 4.74 Å². The molecule has 1 aliphatic heterocycles. The molecule has 190 valence electrons. The van der Waals surface area contributed by atoms with Crippen LogP contribution in [0.15, 0.2) is 66.1 Å². The van der Waals surface area contributed by atoms with Crippen molar-refractivity contribution in [1.29, 1.82) is 0 Å². The fourth-order valence-corrected chi connectivity index (χ4v) is 5.23. The summed E-state index contributed by atoms with van der Waals surface area (Å²) in [5.41, 5.74) is -0.0471. The lowest BCUT2D eigenvalue weighted by Gasteiger charge is -2.29. The Morgan fingerprint density at radius 1 is 0.892 bits per heavy atom. The summed E-state index contributed by atoms with van der Waals surface area (Å²) in [5, 5.41) is 1.42. The average molecular weight is 538 g/mol. The van der Waals surface area contributed by atoms with Gasteiger partial charge in [-0.2, -0.15) is 0 Å². The highest BCUT2D eigenvalue weighted by molar-refractivity contribution is 6.31. The van der Waals surface area contributed by atoms with E-state index in [-0.39, 0.29) is 44.8 Å². The van der Waals surface area contributed by atoms with Crippen LogP contribution < -0.4 is 10.9 Å². The second-order valence-electron chi connectivity index (χ2n) is 11.0. The maximum absolute atomic E-state index is 13.6. The Morgan fingerprint density at radius 2 is 1.51 bits per heavy atom. The van der Waals surface area contributed by atoms with Gasteiger partial charge in [-0.25, -0.2) is 4.99 Å². The summed E-state index contributed by atoms with van der Waals surface area (Å²) in [6.07, 6.45) is 3.55. The van der Waals surface area contributed by atoms with Gasteiger partial charge >= 0.3 is 0 Å². The van der Waals surface area contributed by atoms with Crippen molar-refractivity contribution in [3.63, 3.8) is 0 Å². The third-order valence-corrected chi connectivity index (χ3v) is 6.38. The van der Waals surface area contributed by atoms with E-state index in [1.54, 1.807) is 36.4 Å². The summed E-state index contributed by atoms with van der Waals surface area (Å²) in [6, 6.07) is 9.65. The number of hydrogen-bond acceptors (Lipinski definition) is 6. The van der Waals surface area contributed by atoms with Gasteiger partial charge in [0.15, 0.2) is 5.43 Å². The summed E-state index contributed by atoms with van der Waals surface area (Å²) >= 11 is 12.3. The van der Waals surface area contributed by atoms with Gasteiger partial charge in [-0.05, 0) is 68.2 Å². The van der Waals surface area contributed by atoms with E-state index in [9.17, 15) is 9.59 Å². The molecule has 0 bridgehead atoms. The Hall–Kier alpha value is -3.35. The van der Waals surface area contributed by atoms with Crippen LogP contribution in [-0.4, -0.2) is 11.4 Å². The van der Waals surface area contributed by atoms with Crippen molar-refractivity contribution in [2.75, 3.05) is 0 Å². The van der Waals surface area contributed by atoms with Crippen LogP contribution in [0.4, 0.5) is 0 Å². The summed E-state index contributed by atoms with van der Waals surface area (Å²) in [4.78, 5) is 31.7. The van der Waals surface area contributed by atoms with Gasteiger partial charge in [0.2, 0.25) is 11.2 Å². The standard InChI is InChI=1S/C29H25Cl2NO5/c1-28(2,3)14-29(4,5)32-27-26-23(25(34)19-12-17(31)7-9-21(19)36-26)22(37-27)10-15-13-35-20-8-6-16(30)11-18(20)24(15)33/h6-13H,14H2,1-5H3/b22-10-,32-27?. The molecule has 0 saturated heterocycles. The van der Waals surface area contributed by atoms with E-state index in [1.807, 2.05) is 13.8 Å². The fraction of sp³-hybridized carbons (Fsp3) is 0.276. The molecule has 0 aliphatic carbocycles. The van der Waals surface area contributed by atoms with E-state index < -0.39 is 5.54 Å². The second-order valence-corrected chi connectivity index (χ2v) is 11.9. The monoisotopic (exact) mass is 537 g/mol. The molecule has 1 aliphatic rings. The predicted octanol–water partition coefficient (Wildman–Crippen LogP) is 7.70. The highest BCUT2D eigenvalue weighted by Gasteiger charge is 2.35. The highest BCUT2D eigenvalue weighted by Crippen LogP contribution is 2.36. The van der Waals surface area contributed by atoms with Crippen LogP contribution >= 0.6 is 23.2 Å². The molecule has 0 unspecified atom stereocenters. The van der Waals surface area contributed by atoms with Crippen molar-refractivity contribution in [2.45, 2.75) is 46.6 Å². The zero-order chi connectivity index (χ0) is 26.7. The second kappa shape index (κ2) is 8.89. The van der Waals surface area contributed by atoms with Gasteiger partial charge in [-0.15, -0.1) is 0 Å². The zero-order valence-electron chi connectivity index (χ0n) is 21.1. The van der Waals surface area contributed by atoms with E-state index >= 15 is 0 Å². The Balaban J connectivity index is 1.74. The molecule has 37 heavy (non-hydrogen) atoms. The Bertz CT molecular complexity index is 1750. The number of fused-ring (bicyclic) bond motifs is 3. The molecule has 0 saturated carbocycles. The molecule has 0 amide bonds. The summed E-state index contributed by atoms with van der Waals surface area (Å²) in [7, 11) is 0. The minimum absolute atomic E-state index is 0.0000330. The molecule has 2 aromatic carbocycles. The maximum Gasteiger partial charge on any atom is 0.260 e. The minimum Gasteiger partial charge on any atom is -0.463 e. The van der Waals surface area contributed by atoms with Gasteiger partial charge in [0, 0.05) is 10.0 Å². The molecule has 2 aromatic heterocycles. The Kier molecular flexibility index (Phi) is 6.08. The van der Waals surface area contributed by atoms with Crippen LogP contribution in [0.1, 0.15) is 57.9 Å². The van der Waals surface area contributed by atoms with Gasteiger partial charge in [0.05, 0.1) is 21.9 Å². The molecule has 6 nitrogen and oxygen atoms in total. The topological polar surface area (TPSA) is 82.0 Å². The Labute approximate surface area is 223 Å². The molecule has 3 heterocycles. The number of halogens is 2. The third-order valence-electron chi connectivity index (χ3n) is 5.91. The predicted molar refractivity (Wildman–Crippen MR) is 149 cm³/mol. The lowest BCUT2D eigenvalue weighted by atomic mass is 9.82. The van der Waals surface area contributed by atoms with E-state index in [0.717, 1.165) is 6.42 Å². The molecule has 0 N–H and O–H groups in total. The molecular formula is C29H25Cl2NO5. The first-order chi connectivity index (χ1) is 17.3. The van der Waals surface area contributed by atoms with Gasteiger partial charge in [0.1, 0.15) is 28.8 Å². The van der Waals surface area contributed by atoms with Crippen LogP contribution in [0, 0.1) is 5.41 Å². The largest absolute Gasteiger partial charge is 0.463 e. The van der Waals surface area contributed by atoms with Crippen LogP contribution in [0.3, 0.4) is 0 Å². The van der Waals surface area contributed by atoms with E-state index in [1.165, 1.54) is 12.3 Å². The van der Waals surface area contributed by atoms with Crippen molar-refractivity contribution >= 4 is 62.9 Å². The normalized spacial score (nSPS) is 16.1. The molecule has 0 spiro atoms. The first-order valence-corrected chi connectivity index (χ1v) is 12.5. The number of nitrogens with zero attached hydrogens (tertiary/aromatic N) is 1. The highest BCUT2D eigenvalue weighted by atomic mass is 35.5. The zero-order valence-corrected chi connectivity index (χ0v) is 22.6. The van der Waals surface area contributed by atoms with Crippen LogP contribution in [0.2, 0.25) is 10.0 Å². The first-order valence-electron chi connectivity index (χ1n) is 11.8. The average Bonchev–Trinajstić information content (AvgIpc) is 3.11. The molecular weight excluding hydrogens is 513 g/mol. The number of benzene rings is 2. The van der Waals surface area contributed by atoms with Crippen molar-refractivity contribution in [1.82, 2.24) is 0 Å². The van der Waals surface area contributed by atoms with Gasteiger partial charge in [-0.1, -0.05) is 44.0 Å². The first kappa shape index (κ1) is 25.3. The lowest BCUT2D eigenvalue weighted by Crippen LogP contribution is -2.26. The summed E-state index contributed by atoms with van der Waals surface area (Å²) < 4.78 is 17.9. The van der Waals surface area contributed by atoms with Crippen molar-refractivity contribution in [3.05, 3.63) is 90.0 Å². The van der Waals surface area contributed by atoms with Gasteiger partial charge in [-0.3, -0.25) is 9.59 Å². The Morgan fingerprint density at radius 3 is 2.16 bits per heavy atom. The van der Waals surface area contributed by atoms with Gasteiger partial charge < -0.3 is 13.6 Å². The number of hydrogen-bond donors (Lipinski definition) is 0. The summed E-state index contributed by atoms with van der Waals surface area (Å²) in [6.45, 7) is 10.4. The molecule has 5 rings (SSSR count). The quantitative estimate of drug-likeness (QED) is 0.267. The smallest absolute Gasteiger partial charge is 0.260 e. The van der Waals surface area contributed by atoms with E-state index in [4.69, 9.17) is 41.8 Å². The third kappa shape index (κ3) is 4.96. The van der Waals surface area contributed by atoms with E-state index in [0.29, 0.717) is 32.0 Å². The van der Waals surface area contributed by atoms with Crippen LogP contribution in [0.25, 0.3) is 33.8 Å².